The van der Waals surface area contributed by atoms with Crippen molar-refractivity contribution >= 4 is 33.7 Å². The van der Waals surface area contributed by atoms with Gasteiger partial charge in [-0.25, -0.2) is 5.43 Å². The number of hydrogen-bond donors (Lipinski definition) is 3. The lowest BCUT2D eigenvalue weighted by Gasteiger charge is -2.09. The number of rotatable bonds is 7. The van der Waals surface area contributed by atoms with Gasteiger partial charge < -0.3 is 19.9 Å². The Morgan fingerprint density at radius 2 is 1.96 bits per heavy atom. The number of hydrazone groups is 1. The van der Waals surface area contributed by atoms with Crippen molar-refractivity contribution in [2.45, 2.75) is 0 Å². The van der Waals surface area contributed by atoms with E-state index in [4.69, 9.17) is 9.47 Å². The molecule has 0 aromatic heterocycles. The standard InChI is InChI=1S/C17H18BrN3O4/c1-24-14-6-4-3-5-13(14)19-10-16(22)21-20-9-11-7-12(18)17(23)15(8-11)25-2/h3-9,19,23H,10H2,1-2H3,(H,21,22). The van der Waals surface area contributed by atoms with Gasteiger partial charge in [0.25, 0.3) is 5.91 Å². The molecule has 0 bridgehead atoms. The van der Waals surface area contributed by atoms with Crippen LogP contribution in [0, 0.1) is 0 Å². The van der Waals surface area contributed by atoms with Gasteiger partial charge in [-0.3, -0.25) is 4.79 Å². The van der Waals surface area contributed by atoms with E-state index >= 15 is 0 Å². The molecular weight excluding hydrogens is 390 g/mol. The van der Waals surface area contributed by atoms with Gasteiger partial charge in [0.15, 0.2) is 11.5 Å². The van der Waals surface area contributed by atoms with Crippen molar-refractivity contribution in [2.75, 3.05) is 26.1 Å². The number of aromatic hydroxyl groups is 1. The zero-order valence-electron chi connectivity index (χ0n) is 13.7. The summed E-state index contributed by atoms with van der Waals surface area (Å²) in [6.07, 6.45) is 1.45. The summed E-state index contributed by atoms with van der Waals surface area (Å²) in [7, 11) is 3.02. The van der Waals surface area contributed by atoms with E-state index in [-0.39, 0.29) is 18.2 Å². The Bertz CT molecular complexity index is 780. The Morgan fingerprint density at radius 1 is 1.24 bits per heavy atom. The van der Waals surface area contributed by atoms with Gasteiger partial charge in [-0.2, -0.15) is 5.10 Å². The number of benzene rings is 2. The quantitative estimate of drug-likeness (QED) is 0.484. The van der Waals surface area contributed by atoms with Crippen LogP contribution in [0.15, 0.2) is 46.0 Å². The van der Waals surface area contributed by atoms with Crippen LogP contribution < -0.4 is 20.2 Å². The number of phenolic OH excluding ortho intramolecular Hbond substituents is 1. The predicted molar refractivity (Wildman–Crippen MR) is 99.6 cm³/mol. The highest BCUT2D eigenvalue weighted by Gasteiger charge is 2.08. The van der Waals surface area contributed by atoms with Gasteiger partial charge in [-0.05, 0) is 45.8 Å². The second-order valence-electron chi connectivity index (χ2n) is 4.90. The lowest BCUT2D eigenvalue weighted by molar-refractivity contribution is -0.119. The molecule has 2 aromatic rings. The molecule has 1 amide bonds. The molecule has 3 N–H and O–H groups in total. The minimum atomic E-state index is -0.313. The van der Waals surface area contributed by atoms with Crippen molar-refractivity contribution in [3.63, 3.8) is 0 Å². The SMILES string of the molecule is COc1ccccc1NCC(=O)NN=Cc1cc(Br)c(O)c(OC)c1. The van der Waals surface area contributed by atoms with Crippen LogP contribution in [-0.4, -0.2) is 38.0 Å². The first-order valence-corrected chi connectivity index (χ1v) is 8.09. The van der Waals surface area contributed by atoms with Gasteiger partial charge >= 0.3 is 0 Å². The van der Waals surface area contributed by atoms with Crippen LogP contribution in [0.25, 0.3) is 0 Å². The van der Waals surface area contributed by atoms with Crippen LogP contribution >= 0.6 is 15.9 Å². The van der Waals surface area contributed by atoms with Crippen LogP contribution in [0.5, 0.6) is 17.2 Å². The van der Waals surface area contributed by atoms with Crippen LogP contribution in [0.3, 0.4) is 0 Å². The average Bonchev–Trinajstić information content (AvgIpc) is 2.62. The molecule has 25 heavy (non-hydrogen) atoms. The van der Waals surface area contributed by atoms with Crippen molar-refractivity contribution in [1.82, 2.24) is 5.43 Å². The molecule has 7 nitrogen and oxygen atoms in total. The molecule has 0 atom stereocenters. The molecule has 0 spiro atoms. The topological polar surface area (TPSA) is 92.2 Å². The third kappa shape index (κ3) is 5.12. The first kappa shape index (κ1) is 18.6. The molecular formula is C17H18BrN3O4. The Balaban J connectivity index is 1.91. The van der Waals surface area contributed by atoms with Crippen LogP contribution in [0.1, 0.15) is 5.56 Å². The third-order valence-electron chi connectivity index (χ3n) is 3.22. The molecule has 0 fully saturated rings. The summed E-state index contributed by atoms with van der Waals surface area (Å²) in [6.45, 7) is 0.0420. The molecule has 0 unspecified atom stereocenters. The van der Waals surface area contributed by atoms with Crippen molar-refractivity contribution in [2.24, 2.45) is 5.10 Å². The zero-order valence-corrected chi connectivity index (χ0v) is 15.3. The lowest BCUT2D eigenvalue weighted by atomic mass is 10.2. The molecule has 0 radical (unpaired) electrons. The van der Waals surface area contributed by atoms with Gasteiger partial charge in [0.2, 0.25) is 0 Å². The fourth-order valence-electron chi connectivity index (χ4n) is 2.01. The number of halogens is 1. The predicted octanol–water partition coefficient (Wildman–Crippen LogP) is 2.73. The maximum atomic E-state index is 11.8. The molecule has 0 saturated carbocycles. The summed E-state index contributed by atoms with van der Waals surface area (Å²) in [4.78, 5) is 11.8. The Labute approximate surface area is 153 Å². The van der Waals surface area contributed by atoms with Gasteiger partial charge in [-0.15, -0.1) is 0 Å². The molecule has 0 saturated heterocycles. The minimum Gasteiger partial charge on any atom is -0.503 e. The number of phenols is 1. The Hall–Kier alpha value is -2.74. The number of methoxy groups -OCH3 is 2. The third-order valence-corrected chi connectivity index (χ3v) is 3.82. The molecule has 132 valence electrons. The molecule has 0 aliphatic rings. The van der Waals surface area contributed by atoms with E-state index in [0.717, 1.165) is 5.69 Å². The highest BCUT2D eigenvalue weighted by atomic mass is 79.9. The second-order valence-corrected chi connectivity index (χ2v) is 5.75. The molecule has 0 heterocycles. The molecule has 0 aliphatic heterocycles. The summed E-state index contributed by atoms with van der Waals surface area (Å²) in [6, 6.07) is 10.6. The number of nitrogens with one attached hydrogen (secondary N) is 2. The number of carbonyl (C=O) groups excluding carboxylic acids is 1. The van der Waals surface area contributed by atoms with E-state index in [1.165, 1.54) is 13.3 Å². The summed E-state index contributed by atoms with van der Waals surface area (Å²) < 4.78 is 10.7. The monoisotopic (exact) mass is 407 g/mol. The summed E-state index contributed by atoms with van der Waals surface area (Å²) >= 11 is 3.22. The van der Waals surface area contributed by atoms with Crippen molar-refractivity contribution in [3.05, 3.63) is 46.4 Å². The average molecular weight is 408 g/mol. The van der Waals surface area contributed by atoms with E-state index < -0.39 is 0 Å². The molecule has 8 heteroatoms. The second kappa shape index (κ2) is 8.93. The number of para-hydroxylation sites is 2. The molecule has 2 rings (SSSR count). The van der Waals surface area contributed by atoms with E-state index in [9.17, 15) is 9.90 Å². The number of hydrogen-bond acceptors (Lipinski definition) is 6. The Morgan fingerprint density at radius 3 is 2.68 bits per heavy atom. The number of carbonyl (C=O) groups is 1. The first-order valence-electron chi connectivity index (χ1n) is 7.30. The van der Waals surface area contributed by atoms with Gasteiger partial charge in [0.1, 0.15) is 5.75 Å². The van der Waals surface area contributed by atoms with Gasteiger partial charge in [0.05, 0.1) is 37.1 Å². The Kier molecular flexibility index (Phi) is 6.64. The van der Waals surface area contributed by atoms with Gasteiger partial charge in [0, 0.05) is 0 Å². The van der Waals surface area contributed by atoms with Gasteiger partial charge in [-0.1, -0.05) is 12.1 Å². The number of ether oxygens (including phenoxy) is 2. The van der Waals surface area contributed by atoms with Crippen molar-refractivity contribution in [3.8, 4) is 17.2 Å². The van der Waals surface area contributed by atoms with Crippen LogP contribution in [0.4, 0.5) is 5.69 Å². The van der Waals surface area contributed by atoms with E-state index in [1.54, 1.807) is 25.3 Å². The summed E-state index contributed by atoms with van der Waals surface area (Å²) in [5.74, 6) is 0.650. The lowest BCUT2D eigenvalue weighted by Crippen LogP contribution is -2.26. The van der Waals surface area contributed by atoms with E-state index in [0.29, 0.717) is 21.5 Å². The number of anilines is 1. The maximum Gasteiger partial charge on any atom is 0.259 e. The maximum absolute atomic E-state index is 11.8. The van der Waals surface area contributed by atoms with Crippen LogP contribution in [-0.2, 0) is 4.79 Å². The van der Waals surface area contributed by atoms with Crippen LogP contribution in [0.2, 0.25) is 0 Å². The number of amides is 1. The first-order chi connectivity index (χ1) is 12.0. The highest BCUT2D eigenvalue weighted by molar-refractivity contribution is 9.10. The minimum absolute atomic E-state index is 0.00435. The smallest absolute Gasteiger partial charge is 0.259 e. The largest absolute Gasteiger partial charge is 0.503 e. The van der Waals surface area contributed by atoms with E-state index in [2.05, 4.69) is 31.8 Å². The fraction of sp³-hybridized carbons (Fsp3) is 0.176. The molecule has 0 aliphatic carbocycles. The van der Waals surface area contributed by atoms with Crippen molar-refractivity contribution in [1.29, 1.82) is 0 Å². The summed E-state index contributed by atoms with van der Waals surface area (Å²) in [5.41, 5.74) is 3.79. The van der Waals surface area contributed by atoms with Crippen molar-refractivity contribution < 1.29 is 19.4 Å². The normalized spacial score (nSPS) is 10.5. The molecule has 2 aromatic carbocycles. The summed E-state index contributed by atoms with van der Waals surface area (Å²) in [5, 5.41) is 16.6. The zero-order chi connectivity index (χ0) is 18.2. The highest BCUT2D eigenvalue weighted by Crippen LogP contribution is 2.34. The van der Waals surface area contributed by atoms with E-state index in [1.807, 2.05) is 18.2 Å². The fourth-order valence-corrected chi connectivity index (χ4v) is 2.47. The number of nitrogens with zero attached hydrogens (tertiary/aromatic N) is 1.